The van der Waals surface area contributed by atoms with E-state index in [1.54, 1.807) is 13.8 Å². The molecule has 1 aliphatic rings. The number of ether oxygens (including phenoxy) is 2. The Hall–Kier alpha value is -0.730. The molecule has 1 unspecified atom stereocenters. The van der Waals surface area contributed by atoms with Gasteiger partial charge >= 0.3 is 0 Å². The molecule has 0 bridgehead atoms. The summed E-state index contributed by atoms with van der Waals surface area (Å²) in [6.07, 6.45) is -5.09. The molecular formula is C10H19NO6. The van der Waals surface area contributed by atoms with Gasteiger partial charge in [0.15, 0.2) is 6.29 Å². The molecule has 1 rings (SSSR count). The summed E-state index contributed by atoms with van der Waals surface area (Å²) >= 11 is 0. The predicted octanol–water partition coefficient (Wildman–Crippen LogP) is -2.05. The fourth-order valence-corrected chi connectivity index (χ4v) is 1.77. The first-order valence-corrected chi connectivity index (χ1v) is 5.45. The van der Waals surface area contributed by atoms with Gasteiger partial charge in [-0.05, 0) is 13.8 Å². The van der Waals surface area contributed by atoms with Crippen LogP contribution in [0.25, 0.3) is 0 Å². The maximum Gasteiger partial charge on any atom is 0.228 e. The van der Waals surface area contributed by atoms with Gasteiger partial charge in [-0.15, -0.1) is 0 Å². The van der Waals surface area contributed by atoms with E-state index in [1.807, 2.05) is 0 Å². The van der Waals surface area contributed by atoms with Crippen molar-refractivity contribution in [1.29, 1.82) is 0 Å². The van der Waals surface area contributed by atoms with Crippen molar-refractivity contribution in [3.05, 3.63) is 0 Å². The van der Waals surface area contributed by atoms with Gasteiger partial charge in [-0.2, -0.15) is 0 Å². The maximum absolute atomic E-state index is 11.2. The van der Waals surface area contributed by atoms with Gasteiger partial charge in [0.25, 0.3) is 0 Å². The number of carbonyl (C=O) groups excluding carboxylic acids is 1. The van der Waals surface area contributed by atoms with Gasteiger partial charge in [-0.1, -0.05) is 0 Å². The zero-order valence-electron chi connectivity index (χ0n) is 9.81. The number of nitrogens with two attached hydrogens (primary N) is 1. The fourth-order valence-electron chi connectivity index (χ4n) is 1.77. The molecule has 0 radical (unpaired) electrons. The number of primary amides is 1. The Morgan fingerprint density at radius 2 is 2.00 bits per heavy atom. The summed E-state index contributed by atoms with van der Waals surface area (Å²) in [5.41, 5.74) is 5.14. The number of aliphatic hydroxyl groups is 3. The molecule has 0 saturated carbocycles. The summed E-state index contributed by atoms with van der Waals surface area (Å²) in [6.45, 7) is 2.97. The quantitative estimate of drug-likeness (QED) is 0.455. The molecule has 5 atom stereocenters. The van der Waals surface area contributed by atoms with Crippen LogP contribution in [0.3, 0.4) is 0 Å². The summed E-state index contributed by atoms with van der Waals surface area (Å²) in [7, 11) is 0. The summed E-state index contributed by atoms with van der Waals surface area (Å²) in [5, 5.41) is 28.4. The summed E-state index contributed by atoms with van der Waals surface area (Å²) < 4.78 is 10.5. The largest absolute Gasteiger partial charge is 0.394 e. The molecule has 0 aliphatic carbocycles. The highest BCUT2D eigenvalue weighted by molar-refractivity contribution is 5.78. The van der Waals surface area contributed by atoms with Crippen molar-refractivity contribution in [2.75, 3.05) is 6.61 Å². The van der Waals surface area contributed by atoms with Gasteiger partial charge in [0.1, 0.15) is 18.1 Å². The second-order valence-electron chi connectivity index (χ2n) is 4.32. The number of hydrogen-bond acceptors (Lipinski definition) is 6. The molecule has 1 fully saturated rings. The zero-order chi connectivity index (χ0) is 13.2. The van der Waals surface area contributed by atoms with E-state index in [2.05, 4.69) is 0 Å². The van der Waals surface area contributed by atoms with E-state index < -0.39 is 43.0 Å². The molecule has 17 heavy (non-hydrogen) atoms. The van der Waals surface area contributed by atoms with Crippen LogP contribution in [-0.4, -0.2) is 58.5 Å². The van der Waals surface area contributed by atoms with Crippen molar-refractivity contribution in [3.8, 4) is 0 Å². The van der Waals surface area contributed by atoms with Gasteiger partial charge in [-0.3, -0.25) is 4.79 Å². The number of rotatable bonds is 4. The van der Waals surface area contributed by atoms with E-state index in [0.717, 1.165) is 0 Å². The minimum Gasteiger partial charge on any atom is -0.394 e. The minimum atomic E-state index is -1.41. The Kier molecular flexibility index (Phi) is 4.84. The lowest BCUT2D eigenvalue weighted by atomic mass is 9.90. The highest BCUT2D eigenvalue weighted by Gasteiger charge is 2.47. The molecule has 7 nitrogen and oxygen atoms in total. The van der Waals surface area contributed by atoms with Crippen LogP contribution >= 0.6 is 0 Å². The topological polar surface area (TPSA) is 122 Å². The SMILES string of the molecule is CC(C)OC1O[C@H](CO)[C@H](O)[C@H](O)[C@H]1C(N)=O. The standard InChI is InChI=1S/C10H19NO6/c1-4(2)16-10-6(9(11)15)8(14)7(13)5(3-12)17-10/h4-8,10,12-14H,3H2,1-2H3,(H2,11,15)/t5-,6+,7+,8-,10?/m1/s1. The molecule has 1 heterocycles. The third-order valence-corrected chi connectivity index (χ3v) is 2.62. The van der Waals surface area contributed by atoms with Gasteiger partial charge in [0.05, 0.1) is 18.8 Å². The van der Waals surface area contributed by atoms with E-state index >= 15 is 0 Å². The summed E-state index contributed by atoms with van der Waals surface area (Å²) in [5.74, 6) is -1.98. The molecular weight excluding hydrogens is 230 g/mol. The Morgan fingerprint density at radius 3 is 2.41 bits per heavy atom. The van der Waals surface area contributed by atoms with Crippen LogP contribution in [0.15, 0.2) is 0 Å². The molecule has 7 heteroatoms. The van der Waals surface area contributed by atoms with Crippen molar-refractivity contribution < 1.29 is 29.6 Å². The summed E-state index contributed by atoms with van der Waals surface area (Å²) in [4.78, 5) is 11.2. The molecule has 0 aromatic heterocycles. The van der Waals surface area contributed by atoms with E-state index in [-0.39, 0.29) is 6.10 Å². The zero-order valence-corrected chi connectivity index (χ0v) is 9.81. The Labute approximate surface area is 99.1 Å². The lowest BCUT2D eigenvalue weighted by Crippen LogP contribution is -2.60. The first kappa shape index (κ1) is 14.3. The molecule has 1 saturated heterocycles. The van der Waals surface area contributed by atoms with Crippen LogP contribution in [0.2, 0.25) is 0 Å². The molecule has 0 aromatic carbocycles. The van der Waals surface area contributed by atoms with Crippen molar-refractivity contribution in [2.24, 2.45) is 11.7 Å². The second kappa shape index (κ2) is 5.74. The normalized spacial score (nSPS) is 38.4. The Bertz CT molecular complexity index is 272. The number of carbonyl (C=O) groups is 1. The lowest BCUT2D eigenvalue weighted by Gasteiger charge is -2.41. The van der Waals surface area contributed by atoms with Crippen LogP contribution in [0, 0.1) is 5.92 Å². The smallest absolute Gasteiger partial charge is 0.228 e. The monoisotopic (exact) mass is 249 g/mol. The number of amides is 1. The first-order valence-electron chi connectivity index (χ1n) is 5.45. The van der Waals surface area contributed by atoms with Crippen molar-refractivity contribution >= 4 is 5.91 Å². The average molecular weight is 249 g/mol. The van der Waals surface area contributed by atoms with E-state index in [1.165, 1.54) is 0 Å². The van der Waals surface area contributed by atoms with E-state index in [9.17, 15) is 15.0 Å². The Balaban J connectivity index is 2.86. The van der Waals surface area contributed by atoms with Gasteiger partial charge in [-0.25, -0.2) is 0 Å². The van der Waals surface area contributed by atoms with E-state index in [0.29, 0.717) is 0 Å². The molecule has 0 aromatic rings. The third-order valence-electron chi connectivity index (χ3n) is 2.62. The van der Waals surface area contributed by atoms with E-state index in [4.69, 9.17) is 20.3 Å². The van der Waals surface area contributed by atoms with Crippen LogP contribution in [0.4, 0.5) is 0 Å². The fraction of sp³-hybridized carbons (Fsp3) is 0.900. The minimum absolute atomic E-state index is 0.247. The van der Waals surface area contributed by atoms with Crippen molar-refractivity contribution in [1.82, 2.24) is 0 Å². The van der Waals surface area contributed by atoms with Gasteiger partial charge in [0, 0.05) is 0 Å². The summed E-state index contributed by atoms with van der Waals surface area (Å²) in [6, 6.07) is 0. The molecule has 0 spiro atoms. The predicted molar refractivity (Wildman–Crippen MR) is 56.7 cm³/mol. The van der Waals surface area contributed by atoms with Crippen LogP contribution in [0.5, 0.6) is 0 Å². The van der Waals surface area contributed by atoms with Gasteiger partial charge < -0.3 is 30.5 Å². The molecule has 5 N–H and O–H groups in total. The molecule has 1 amide bonds. The number of aliphatic hydroxyl groups excluding tert-OH is 3. The average Bonchev–Trinajstić information content (AvgIpc) is 2.21. The van der Waals surface area contributed by atoms with Crippen LogP contribution in [0.1, 0.15) is 13.8 Å². The highest BCUT2D eigenvalue weighted by Crippen LogP contribution is 2.27. The lowest BCUT2D eigenvalue weighted by molar-refractivity contribution is -0.287. The first-order chi connectivity index (χ1) is 7.88. The third kappa shape index (κ3) is 3.14. The van der Waals surface area contributed by atoms with Crippen LogP contribution < -0.4 is 5.73 Å². The number of hydrogen-bond donors (Lipinski definition) is 4. The van der Waals surface area contributed by atoms with Crippen LogP contribution in [-0.2, 0) is 14.3 Å². The maximum atomic E-state index is 11.2. The molecule has 100 valence electrons. The van der Waals surface area contributed by atoms with Gasteiger partial charge in [0.2, 0.25) is 5.91 Å². The Morgan fingerprint density at radius 1 is 1.41 bits per heavy atom. The van der Waals surface area contributed by atoms with Crippen molar-refractivity contribution in [3.63, 3.8) is 0 Å². The highest BCUT2D eigenvalue weighted by atomic mass is 16.7. The second-order valence-corrected chi connectivity index (χ2v) is 4.32. The molecule has 1 aliphatic heterocycles. The van der Waals surface area contributed by atoms with Crippen molar-refractivity contribution in [2.45, 2.75) is 44.6 Å².